The van der Waals surface area contributed by atoms with E-state index in [9.17, 15) is 0 Å². The second-order valence-corrected chi connectivity index (χ2v) is 13.9. The molecule has 2 aliphatic carbocycles. The number of benzene rings is 6. The summed E-state index contributed by atoms with van der Waals surface area (Å²) in [4.78, 5) is 0. The topological polar surface area (TPSA) is 0 Å². The van der Waals surface area contributed by atoms with Gasteiger partial charge in [-0.05, 0) is 23.7 Å². The van der Waals surface area contributed by atoms with Crippen LogP contribution >= 0.6 is 24.8 Å². The summed E-state index contributed by atoms with van der Waals surface area (Å²) in [6.07, 6.45) is 2.07. The maximum absolute atomic E-state index is 3.61. The van der Waals surface area contributed by atoms with Gasteiger partial charge in [-0.25, -0.2) is 0 Å². The summed E-state index contributed by atoms with van der Waals surface area (Å²) in [5.41, 5.74) is 14.1. The van der Waals surface area contributed by atoms with Crippen molar-refractivity contribution in [3.05, 3.63) is 191 Å². The van der Waals surface area contributed by atoms with Gasteiger partial charge in [-0.1, -0.05) is 112 Å². The Morgan fingerprint density at radius 1 is 0.440 bits per heavy atom. The monoisotopic (exact) mass is 746 g/mol. The first-order valence-electron chi connectivity index (χ1n) is 16.6. The molecule has 8 rings (SSSR count). The average Bonchev–Trinajstić information content (AvgIpc) is 3.68. The van der Waals surface area contributed by atoms with Gasteiger partial charge in [0.1, 0.15) is 0 Å². The summed E-state index contributed by atoms with van der Waals surface area (Å²) in [6.45, 7) is 13.5. The number of rotatable bonds is 0. The van der Waals surface area contributed by atoms with Crippen LogP contribution in [0.1, 0.15) is 74.9 Å². The molecule has 0 fully saturated rings. The first kappa shape index (κ1) is 43.0. The zero-order valence-electron chi connectivity index (χ0n) is 30.1. The largest absolute Gasteiger partial charge is 0.184 e. The summed E-state index contributed by atoms with van der Waals surface area (Å²) < 4.78 is 0. The van der Waals surface area contributed by atoms with Crippen LogP contribution in [-0.4, -0.2) is 7.63 Å². The van der Waals surface area contributed by atoms with Crippen LogP contribution in [0.15, 0.2) is 133 Å². The Morgan fingerprint density at radius 3 is 1.06 bits per heavy atom. The summed E-state index contributed by atoms with van der Waals surface area (Å²) in [5.74, 6) is 0. The molecule has 0 unspecified atom stereocenters. The molecule has 0 spiro atoms. The molecule has 6 aromatic rings. The van der Waals surface area contributed by atoms with Crippen molar-refractivity contribution in [3.8, 4) is 22.3 Å². The van der Waals surface area contributed by atoms with Gasteiger partial charge in [0, 0.05) is 0 Å². The Kier molecular flexibility index (Phi) is 17.7. The predicted molar refractivity (Wildman–Crippen MR) is 218 cm³/mol. The van der Waals surface area contributed by atoms with Gasteiger partial charge < -0.3 is 0 Å². The van der Waals surface area contributed by atoms with E-state index in [1.54, 1.807) is 0 Å². The SMILES string of the molecule is CC(C)(C)c1[c-]c2c(cc1)-c1ccccc1C2.CC(C)(C)c1[c-]c2c(cc1)-c1ccccc1C2.Cl.Cl.[SiH2]=[Ti].[c-]1ccccc1.[c-]1ccccc1. The molecule has 0 atom stereocenters. The van der Waals surface area contributed by atoms with Crippen LogP contribution in [0.25, 0.3) is 22.3 Å². The fraction of sp³-hybridized carbons (Fsp3) is 0.217. The van der Waals surface area contributed by atoms with Crippen molar-refractivity contribution in [3.63, 3.8) is 0 Å². The van der Waals surface area contributed by atoms with Gasteiger partial charge in [-0.3, -0.25) is 0 Å². The van der Waals surface area contributed by atoms with Crippen molar-refractivity contribution in [2.45, 2.75) is 65.2 Å². The molecule has 0 aliphatic heterocycles. The number of hydrogen-bond acceptors (Lipinski definition) is 0. The maximum Gasteiger partial charge on any atom is -0.171 e. The zero-order chi connectivity index (χ0) is 34.6. The normalized spacial score (nSPS) is 11.1. The molecule has 0 saturated carbocycles. The number of halogens is 2. The predicted octanol–water partition coefficient (Wildman–Crippen LogP) is 11.6. The van der Waals surface area contributed by atoms with Gasteiger partial charge in [0.2, 0.25) is 0 Å². The van der Waals surface area contributed by atoms with Crippen LogP contribution in [0.3, 0.4) is 0 Å². The van der Waals surface area contributed by atoms with E-state index in [0.29, 0.717) is 0 Å². The van der Waals surface area contributed by atoms with Crippen molar-refractivity contribution in [1.29, 1.82) is 0 Å². The van der Waals surface area contributed by atoms with Crippen LogP contribution in [0.2, 0.25) is 0 Å². The van der Waals surface area contributed by atoms with E-state index in [1.807, 2.05) is 87.5 Å². The maximum atomic E-state index is 3.61. The van der Waals surface area contributed by atoms with E-state index >= 15 is 0 Å². The molecule has 4 heteroatoms. The number of fused-ring (bicyclic) bond motifs is 6. The van der Waals surface area contributed by atoms with Crippen LogP contribution < -0.4 is 0 Å². The van der Waals surface area contributed by atoms with Crippen LogP contribution in [-0.2, 0) is 42.8 Å². The van der Waals surface area contributed by atoms with Gasteiger partial charge in [0.25, 0.3) is 0 Å². The molecule has 0 saturated heterocycles. The van der Waals surface area contributed by atoms with Gasteiger partial charge in [-0.15, -0.1) is 47.1 Å². The van der Waals surface area contributed by atoms with E-state index in [-0.39, 0.29) is 35.6 Å². The van der Waals surface area contributed by atoms with Gasteiger partial charge in [-0.2, -0.15) is 120 Å². The molecule has 6 aromatic carbocycles. The molecule has 50 heavy (non-hydrogen) atoms. The van der Waals surface area contributed by atoms with Gasteiger partial charge in [0.05, 0.1) is 0 Å². The Hall–Kier alpha value is -3.17. The van der Waals surface area contributed by atoms with Crippen molar-refractivity contribution >= 4 is 32.4 Å². The molecule has 0 bridgehead atoms. The fourth-order valence-electron chi connectivity index (χ4n) is 5.68. The molecule has 0 nitrogen and oxygen atoms in total. The standard InChI is InChI=1S/2C17H17.2C6H5.2ClH.H2Si.Ti/c2*1-17(2,3)14-8-9-16-13(11-14)10-12-6-4-5-7-15(12)16;2*1-2-4-6-5-3-1;;;;/h2*4-9H,10H2,1-3H3;2*1-5H;2*1H;1H2;/q4*-1;;;;. The Balaban J connectivity index is 0.000000246. The van der Waals surface area contributed by atoms with Crippen LogP contribution in [0.4, 0.5) is 0 Å². The Labute approximate surface area is 328 Å². The summed E-state index contributed by atoms with van der Waals surface area (Å²) >= 11 is 2.03. The van der Waals surface area contributed by atoms with E-state index < -0.39 is 0 Å². The molecule has 0 amide bonds. The second kappa shape index (κ2) is 20.6. The molecule has 258 valence electrons. The first-order valence-corrected chi connectivity index (χ1v) is 20.6. The van der Waals surface area contributed by atoms with E-state index in [1.165, 1.54) is 55.6 Å². The van der Waals surface area contributed by atoms with Crippen molar-refractivity contribution in [2.24, 2.45) is 0 Å². The molecular formula is C46H48Cl2SiTi-4. The van der Waals surface area contributed by atoms with Crippen molar-refractivity contribution < 1.29 is 19.2 Å². The minimum atomic E-state index is 0. The quantitative estimate of drug-likeness (QED) is 0.107. The summed E-state index contributed by atoms with van der Waals surface area (Å²) in [7, 11) is 1.86. The average molecular weight is 748 g/mol. The zero-order valence-corrected chi connectivity index (χ0v) is 34.7. The molecular weight excluding hydrogens is 699 g/mol. The molecule has 2 aliphatic rings. The minimum Gasteiger partial charge on any atom is -0.184 e. The third-order valence-electron chi connectivity index (χ3n) is 8.23. The van der Waals surface area contributed by atoms with Gasteiger partial charge >= 0.3 is 26.8 Å². The second-order valence-electron chi connectivity index (χ2n) is 13.9. The van der Waals surface area contributed by atoms with Crippen LogP contribution in [0.5, 0.6) is 0 Å². The van der Waals surface area contributed by atoms with Crippen LogP contribution in [0, 0.1) is 24.3 Å². The number of hydrogen-bond donors (Lipinski definition) is 0. The third-order valence-corrected chi connectivity index (χ3v) is 8.23. The Morgan fingerprint density at radius 2 is 0.780 bits per heavy atom. The van der Waals surface area contributed by atoms with Crippen molar-refractivity contribution in [1.82, 2.24) is 0 Å². The fourth-order valence-corrected chi connectivity index (χ4v) is 5.68. The molecule has 0 N–H and O–H groups in total. The van der Waals surface area contributed by atoms with E-state index in [4.69, 9.17) is 0 Å². The smallest absolute Gasteiger partial charge is 0.171 e. The minimum absolute atomic E-state index is 0. The summed E-state index contributed by atoms with van der Waals surface area (Å²) in [6, 6.07) is 58.5. The molecule has 0 radical (unpaired) electrons. The van der Waals surface area contributed by atoms with E-state index in [0.717, 1.165) is 12.8 Å². The summed E-state index contributed by atoms with van der Waals surface area (Å²) in [5, 5.41) is 0. The molecule has 0 aromatic heterocycles. The Bertz CT molecular complexity index is 1680. The molecule has 0 heterocycles. The van der Waals surface area contributed by atoms with Crippen molar-refractivity contribution in [2.75, 3.05) is 0 Å². The first-order chi connectivity index (χ1) is 23.1. The third kappa shape index (κ3) is 12.0. The van der Waals surface area contributed by atoms with E-state index in [2.05, 4.69) is 139 Å². The van der Waals surface area contributed by atoms with Gasteiger partial charge in [0.15, 0.2) is 0 Å².